The molecular formula is C20H18ClN5O. The SMILES string of the molecule is O=c1cc(CN2CCc3c(Cl)cccc32)nc2nc(C3=CC=CCC3)[nH]n12. The number of nitrogens with zero attached hydrogens (tertiary/aromatic N) is 4. The molecule has 1 aliphatic carbocycles. The highest BCUT2D eigenvalue weighted by atomic mass is 35.5. The Labute approximate surface area is 160 Å². The standard InChI is InChI=1S/C20H18ClN5O/c21-16-7-4-8-17-15(16)9-10-25(17)12-14-11-18(27)26-20(22-14)23-19(24-26)13-5-2-1-3-6-13/h1-2,4-5,7-8,11H,3,6,9-10,12H2,(H,22,23,24). The Balaban J connectivity index is 1.49. The first kappa shape index (κ1) is 16.3. The van der Waals surface area contributed by atoms with Crippen LogP contribution in [0.2, 0.25) is 5.02 Å². The molecule has 136 valence electrons. The first-order valence-corrected chi connectivity index (χ1v) is 9.44. The quantitative estimate of drug-likeness (QED) is 0.757. The van der Waals surface area contributed by atoms with E-state index in [-0.39, 0.29) is 5.56 Å². The topological polar surface area (TPSA) is 66.3 Å². The minimum absolute atomic E-state index is 0.147. The van der Waals surface area contributed by atoms with E-state index < -0.39 is 0 Å². The largest absolute Gasteiger partial charge is 0.365 e. The first-order chi connectivity index (χ1) is 13.2. The predicted molar refractivity (Wildman–Crippen MR) is 106 cm³/mol. The zero-order chi connectivity index (χ0) is 18.4. The summed E-state index contributed by atoms with van der Waals surface area (Å²) in [5, 5.41) is 3.87. The molecule has 1 aromatic carbocycles. The van der Waals surface area contributed by atoms with Crippen molar-refractivity contribution in [2.75, 3.05) is 11.4 Å². The van der Waals surface area contributed by atoms with Crippen LogP contribution in [0.1, 0.15) is 29.9 Å². The molecule has 2 aliphatic rings. The van der Waals surface area contributed by atoms with E-state index in [2.05, 4.69) is 32.1 Å². The van der Waals surface area contributed by atoms with Gasteiger partial charge in [0.2, 0.25) is 0 Å². The number of allylic oxidation sites excluding steroid dienone is 4. The normalized spacial score (nSPS) is 16.0. The molecule has 0 radical (unpaired) electrons. The highest BCUT2D eigenvalue weighted by Gasteiger charge is 2.22. The lowest BCUT2D eigenvalue weighted by molar-refractivity contribution is 0.797. The Bertz CT molecular complexity index is 1160. The Morgan fingerprint density at radius 3 is 3.00 bits per heavy atom. The molecule has 0 unspecified atom stereocenters. The van der Waals surface area contributed by atoms with Crippen LogP contribution in [-0.2, 0) is 13.0 Å². The maximum atomic E-state index is 12.5. The second kappa shape index (κ2) is 6.39. The summed E-state index contributed by atoms with van der Waals surface area (Å²) in [5.74, 6) is 1.12. The predicted octanol–water partition coefficient (Wildman–Crippen LogP) is 3.37. The van der Waals surface area contributed by atoms with Gasteiger partial charge in [0, 0.05) is 23.3 Å². The van der Waals surface area contributed by atoms with Gasteiger partial charge in [-0.1, -0.05) is 35.9 Å². The van der Waals surface area contributed by atoms with Gasteiger partial charge in [-0.25, -0.2) is 4.98 Å². The van der Waals surface area contributed by atoms with Crippen LogP contribution in [0.15, 0.2) is 47.3 Å². The van der Waals surface area contributed by atoms with E-state index in [0.29, 0.717) is 23.8 Å². The molecule has 7 heteroatoms. The number of benzene rings is 1. The Morgan fingerprint density at radius 2 is 2.15 bits per heavy atom. The van der Waals surface area contributed by atoms with Crippen molar-refractivity contribution in [2.24, 2.45) is 0 Å². The van der Waals surface area contributed by atoms with Crippen molar-refractivity contribution in [3.05, 3.63) is 75.0 Å². The number of fused-ring (bicyclic) bond motifs is 2. The van der Waals surface area contributed by atoms with Crippen molar-refractivity contribution in [3.63, 3.8) is 0 Å². The Hall–Kier alpha value is -2.86. The molecule has 3 heterocycles. The van der Waals surface area contributed by atoms with E-state index in [0.717, 1.165) is 47.7 Å². The number of aromatic amines is 1. The van der Waals surface area contributed by atoms with E-state index in [1.165, 1.54) is 4.52 Å². The maximum Gasteiger partial charge on any atom is 0.274 e. The summed E-state index contributed by atoms with van der Waals surface area (Å²) in [6, 6.07) is 7.51. The van der Waals surface area contributed by atoms with Crippen LogP contribution >= 0.6 is 11.6 Å². The first-order valence-electron chi connectivity index (χ1n) is 9.06. The molecule has 0 fully saturated rings. The van der Waals surface area contributed by atoms with Gasteiger partial charge < -0.3 is 4.90 Å². The number of anilines is 1. The van der Waals surface area contributed by atoms with E-state index in [4.69, 9.17) is 11.6 Å². The smallest absolute Gasteiger partial charge is 0.274 e. The van der Waals surface area contributed by atoms with Crippen LogP contribution in [0.3, 0.4) is 0 Å². The lowest BCUT2D eigenvalue weighted by atomic mass is 10.1. The number of hydrogen-bond acceptors (Lipinski definition) is 4. The van der Waals surface area contributed by atoms with Gasteiger partial charge in [-0.2, -0.15) is 9.50 Å². The van der Waals surface area contributed by atoms with Crippen LogP contribution in [0.5, 0.6) is 0 Å². The Morgan fingerprint density at radius 1 is 1.22 bits per heavy atom. The molecule has 2 aromatic heterocycles. The van der Waals surface area contributed by atoms with Gasteiger partial charge in [0.05, 0.1) is 12.2 Å². The third-order valence-electron chi connectivity index (χ3n) is 5.12. The summed E-state index contributed by atoms with van der Waals surface area (Å²) in [7, 11) is 0. The fraction of sp³-hybridized carbons (Fsp3) is 0.250. The summed E-state index contributed by atoms with van der Waals surface area (Å²) >= 11 is 6.30. The fourth-order valence-electron chi connectivity index (χ4n) is 3.77. The maximum absolute atomic E-state index is 12.5. The minimum atomic E-state index is -0.147. The third-order valence-corrected chi connectivity index (χ3v) is 5.48. The zero-order valence-electron chi connectivity index (χ0n) is 14.7. The summed E-state index contributed by atoms with van der Waals surface area (Å²) in [6.07, 6.45) is 8.96. The molecule has 0 amide bonds. The molecule has 0 atom stereocenters. The molecule has 3 aromatic rings. The molecule has 1 N–H and O–H groups in total. The third kappa shape index (κ3) is 2.86. The molecule has 6 nitrogen and oxygen atoms in total. The van der Waals surface area contributed by atoms with Gasteiger partial charge in [-0.15, -0.1) is 0 Å². The highest BCUT2D eigenvalue weighted by Crippen LogP contribution is 2.33. The molecule has 0 spiro atoms. The summed E-state index contributed by atoms with van der Waals surface area (Å²) in [4.78, 5) is 23.9. The molecule has 1 aliphatic heterocycles. The molecule has 0 saturated carbocycles. The number of H-pyrrole nitrogens is 1. The molecule has 0 bridgehead atoms. The fourth-order valence-corrected chi connectivity index (χ4v) is 4.03. The number of rotatable bonds is 3. The average Bonchev–Trinajstić information content (AvgIpc) is 3.28. The molecule has 0 saturated heterocycles. The van der Waals surface area contributed by atoms with E-state index >= 15 is 0 Å². The summed E-state index contributed by atoms with van der Waals surface area (Å²) in [5.41, 5.74) is 3.93. The van der Waals surface area contributed by atoms with Crippen molar-refractivity contribution in [2.45, 2.75) is 25.8 Å². The van der Waals surface area contributed by atoms with E-state index in [9.17, 15) is 4.79 Å². The van der Waals surface area contributed by atoms with Crippen molar-refractivity contribution < 1.29 is 0 Å². The number of nitrogens with one attached hydrogen (secondary N) is 1. The Kier molecular flexibility index (Phi) is 3.86. The molecular weight excluding hydrogens is 362 g/mol. The van der Waals surface area contributed by atoms with Crippen molar-refractivity contribution in [3.8, 4) is 0 Å². The van der Waals surface area contributed by atoms with Gasteiger partial charge in [0.25, 0.3) is 11.3 Å². The number of halogens is 1. The van der Waals surface area contributed by atoms with Crippen LogP contribution in [0, 0.1) is 0 Å². The van der Waals surface area contributed by atoms with Gasteiger partial charge in [0.15, 0.2) is 5.82 Å². The molecule has 5 rings (SSSR count). The monoisotopic (exact) mass is 379 g/mol. The summed E-state index contributed by atoms with van der Waals surface area (Å²) < 4.78 is 1.41. The lowest BCUT2D eigenvalue weighted by Crippen LogP contribution is -2.23. The average molecular weight is 380 g/mol. The second-order valence-corrected chi connectivity index (χ2v) is 7.27. The van der Waals surface area contributed by atoms with Crippen LogP contribution in [0.4, 0.5) is 5.69 Å². The minimum Gasteiger partial charge on any atom is -0.365 e. The van der Waals surface area contributed by atoms with Gasteiger partial charge in [-0.3, -0.25) is 9.89 Å². The van der Waals surface area contributed by atoms with E-state index in [1.807, 2.05) is 24.3 Å². The second-order valence-electron chi connectivity index (χ2n) is 6.86. The summed E-state index contributed by atoms with van der Waals surface area (Å²) in [6.45, 7) is 1.43. The van der Waals surface area contributed by atoms with Crippen LogP contribution in [-0.4, -0.2) is 26.1 Å². The van der Waals surface area contributed by atoms with Crippen LogP contribution in [0.25, 0.3) is 11.4 Å². The number of hydrogen-bond donors (Lipinski definition) is 1. The zero-order valence-corrected chi connectivity index (χ0v) is 15.4. The van der Waals surface area contributed by atoms with Crippen LogP contribution < -0.4 is 10.5 Å². The van der Waals surface area contributed by atoms with Gasteiger partial charge in [0.1, 0.15) is 0 Å². The van der Waals surface area contributed by atoms with Gasteiger partial charge >= 0.3 is 0 Å². The van der Waals surface area contributed by atoms with Crippen molar-refractivity contribution in [1.82, 2.24) is 19.6 Å². The lowest BCUT2D eigenvalue weighted by Gasteiger charge is -2.18. The van der Waals surface area contributed by atoms with Crippen molar-refractivity contribution in [1.29, 1.82) is 0 Å². The van der Waals surface area contributed by atoms with E-state index in [1.54, 1.807) is 6.07 Å². The van der Waals surface area contributed by atoms with Crippen molar-refractivity contribution >= 4 is 28.6 Å². The highest BCUT2D eigenvalue weighted by molar-refractivity contribution is 6.31. The van der Waals surface area contributed by atoms with Gasteiger partial charge in [-0.05, 0) is 42.5 Å². The number of aromatic nitrogens is 4. The molecule has 27 heavy (non-hydrogen) atoms.